The lowest BCUT2D eigenvalue weighted by molar-refractivity contribution is -0.141. The number of rotatable bonds is 10. The maximum absolute atomic E-state index is 12.1. The Morgan fingerprint density at radius 2 is 1.48 bits per heavy atom. The molecule has 0 heterocycles. The summed E-state index contributed by atoms with van der Waals surface area (Å²) in [5.74, 6) is -1.67. The molecule has 0 saturated carbocycles. The Labute approximate surface area is 142 Å². The summed E-state index contributed by atoms with van der Waals surface area (Å²) >= 11 is 0. The number of hydrogen-bond donors (Lipinski definition) is 1. The Morgan fingerprint density at radius 3 is 1.83 bits per heavy atom. The highest BCUT2D eigenvalue weighted by molar-refractivity contribution is 6.84. The minimum atomic E-state index is -1.94. The molecule has 0 aromatic rings. The van der Waals surface area contributed by atoms with Gasteiger partial charge in [-0.25, -0.2) is 9.59 Å². The monoisotopic (exact) mass is 342 g/mol. The van der Waals surface area contributed by atoms with Crippen molar-refractivity contribution in [3.63, 3.8) is 0 Å². The highest BCUT2D eigenvalue weighted by atomic mass is 28.3. The van der Waals surface area contributed by atoms with Crippen LogP contribution < -0.4 is 0 Å². The Bertz CT molecular complexity index is 391. The Morgan fingerprint density at radius 1 is 1.00 bits per heavy atom. The third-order valence-corrected chi connectivity index (χ3v) is 12.5. The van der Waals surface area contributed by atoms with E-state index in [0.29, 0.717) is 16.6 Å². The largest absolute Gasteiger partial charge is 0.478 e. The van der Waals surface area contributed by atoms with Gasteiger partial charge < -0.3 is 9.84 Å². The van der Waals surface area contributed by atoms with Gasteiger partial charge >= 0.3 is 11.9 Å². The fraction of sp³-hybridized carbons (Fsp3) is 0.778. The van der Waals surface area contributed by atoms with Gasteiger partial charge in [-0.3, -0.25) is 0 Å². The normalized spacial score (nSPS) is 14.0. The lowest BCUT2D eigenvalue weighted by Crippen LogP contribution is -2.56. The van der Waals surface area contributed by atoms with Crippen molar-refractivity contribution in [1.29, 1.82) is 0 Å². The maximum Gasteiger partial charge on any atom is 0.330 e. The zero-order chi connectivity index (χ0) is 18.2. The lowest BCUT2D eigenvalue weighted by atomic mass is 10.2. The quantitative estimate of drug-likeness (QED) is 0.347. The molecule has 0 aliphatic carbocycles. The van der Waals surface area contributed by atoms with E-state index in [2.05, 4.69) is 48.5 Å². The average molecular weight is 343 g/mol. The maximum atomic E-state index is 12.1. The van der Waals surface area contributed by atoms with E-state index in [4.69, 9.17) is 9.84 Å². The molecule has 0 fully saturated rings. The molecule has 1 unspecified atom stereocenters. The van der Waals surface area contributed by atoms with Crippen LogP contribution in [0, 0.1) is 0 Å². The van der Waals surface area contributed by atoms with Gasteiger partial charge in [0.25, 0.3) is 0 Å². The summed E-state index contributed by atoms with van der Waals surface area (Å²) < 4.78 is 5.83. The van der Waals surface area contributed by atoms with Gasteiger partial charge in [-0.05, 0) is 23.0 Å². The third-order valence-electron chi connectivity index (χ3n) is 5.00. The van der Waals surface area contributed by atoms with E-state index in [1.54, 1.807) is 0 Å². The number of carbonyl (C=O) groups excluding carboxylic acids is 1. The van der Waals surface area contributed by atoms with Gasteiger partial charge in [-0.1, -0.05) is 61.3 Å². The van der Waals surface area contributed by atoms with Crippen LogP contribution in [0.25, 0.3) is 0 Å². The van der Waals surface area contributed by atoms with Gasteiger partial charge in [-0.15, -0.1) is 0 Å². The molecule has 0 saturated heterocycles. The van der Waals surface area contributed by atoms with Gasteiger partial charge in [0.1, 0.15) is 8.07 Å². The molecule has 1 N–H and O–H groups in total. The van der Waals surface area contributed by atoms with E-state index in [1.807, 2.05) is 0 Å². The first-order valence-corrected chi connectivity index (χ1v) is 11.0. The number of unbranched alkanes of at least 4 members (excludes halogenated alkanes) is 1. The standard InChI is InChI=1S/C18H34O4Si/c1-8-9-10-18(22-17(21)12-11-16(19)20)23(13(2)3,14(4)5)15(6)7/h11-15,18H,8-10H2,1-7H3,(H,19,20)/b12-11-. The zero-order valence-corrected chi connectivity index (χ0v) is 16.8. The summed E-state index contributed by atoms with van der Waals surface area (Å²) in [7, 11) is -1.94. The Hall–Kier alpha value is -1.10. The van der Waals surface area contributed by atoms with Gasteiger partial charge in [-0.2, -0.15) is 0 Å². The van der Waals surface area contributed by atoms with Crippen LogP contribution in [0.2, 0.25) is 16.6 Å². The number of esters is 1. The minimum absolute atomic E-state index is 0.0756. The number of carbonyl (C=O) groups is 2. The lowest BCUT2D eigenvalue weighted by Gasteiger charge is -2.47. The third kappa shape index (κ3) is 5.79. The molecule has 134 valence electrons. The summed E-state index contributed by atoms with van der Waals surface area (Å²) in [6.45, 7) is 15.6. The summed E-state index contributed by atoms with van der Waals surface area (Å²) in [5, 5.41) is 8.68. The van der Waals surface area contributed by atoms with Gasteiger partial charge in [0.2, 0.25) is 0 Å². The topological polar surface area (TPSA) is 63.6 Å². The van der Waals surface area contributed by atoms with Crippen LogP contribution in [0.4, 0.5) is 0 Å². The van der Waals surface area contributed by atoms with Gasteiger partial charge in [0.15, 0.2) is 0 Å². The molecule has 4 nitrogen and oxygen atoms in total. The molecule has 0 aliphatic heterocycles. The molecule has 0 rings (SSSR count). The second-order valence-electron chi connectivity index (χ2n) is 7.20. The van der Waals surface area contributed by atoms with Crippen LogP contribution in [0.5, 0.6) is 0 Å². The smallest absolute Gasteiger partial charge is 0.330 e. The van der Waals surface area contributed by atoms with Gasteiger partial charge in [0, 0.05) is 12.2 Å². The number of hydrogen-bond acceptors (Lipinski definition) is 3. The molecule has 0 aliphatic rings. The van der Waals surface area contributed by atoms with Crippen molar-refractivity contribution >= 4 is 20.0 Å². The second-order valence-corrected chi connectivity index (χ2v) is 13.3. The van der Waals surface area contributed by atoms with Crippen molar-refractivity contribution < 1.29 is 19.4 Å². The molecule has 23 heavy (non-hydrogen) atoms. The van der Waals surface area contributed by atoms with Crippen LogP contribution in [0.3, 0.4) is 0 Å². The summed E-state index contributed by atoms with van der Waals surface area (Å²) in [4.78, 5) is 22.7. The summed E-state index contributed by atoms with van der Waals surface area (Å²) in [5.41, 5.74) is 1.38. The van der Waals surface area contributed by atoms with Gasteiger partial charge in [0.05, 0.1) is 5.73 Å². The van der Waals surface area contributed by atoms with Crippen LogP contribution in [0.15, 0.2) is 12.2 Å². The highest BCUT2D eigenvalue weighted by Crippen LogP contribution is 2.46. The molecule has 1 atom stereocenters. The van der Waals surface area contributed by atoms with E-state index >= 15 is 0 Å². The van der Waals surface area contributed by atoms with Crippen LogP contribution in [-0.2, 0) is 14.3 Å². The number of ether oxygens (including phenoxy) is 1. The SMILES string of the molecule is CCCCC(OC(=O)/C=C\C(=O)O)[Si](C(C)C)(C(C)C)C(C)C. The first kappa shape index (κ1) is 21.9. The first-order valence-electron chi connectivity index (χ1n) is 8.72. The van der Waals surface area contributed by atoms with E-state index in [1.165, 1.54) is 0 Å². The van der Waals surface area contributed by atoms with Crippen molar-refractivity contribution in [1.82, 2.24) is 0 Å². The molecule has 0 aromatic carbocycles. The van der Waals surface area contributed by atoms with E-state index in [0.717, 1.165) is 31.4 Å². The van der Waals surface area contributed by atoms with Crippen molar-refractivity contribution in [2.75, 3.05) is 0 Å². The van der Waals surface area contributed by atoms with E-state index < -0.39 is 20.0 Å². The van der Waals surface area contributed by atoms with Crippen molar-refractivity contribution in [2.24, 2.45) is 0 Å². The molecule has 0 spiro atoms. The fourth-order valence-corrected chi connectivity index (χ4v) is 11.5. The van der Waals surface area contributed by atoms with Crippen molar-refractivity contribution in [3.05, 3.63) is 12.2 Å². The molecule has 0 amide bonds. The molecular formula is C18H34O4Si. The van der Waals surface area contributed by atoms with Crippen LogP contribution in [-0.4, -0.2) is 30.8 Å². The van der Waals surface area contributed by atoms with Crippen molar-refractivity contribution in [3.8, 4) is 0 Å². The Balaban J connectivity index is 5.61. The van der Waals surface area contributed by atoms with Crippen molar-refractivity contribution in [2.45, 2.75) is 90.1 Å². The molecule has 0 radical (unpaired) electrons. The number of carboxylic acids is 1. The zero-order valence-electron chi connectivity index (χ0n) is 15.8. The summed E-state index contributed by atoms with van der Waals surface area (Å²) in [6, 6.07) is 0. The summed E-state index contributed by atoms with van der Waals surface area (Å²) in [6.07, 6.45) is 4.81. The van der Waals surface area contributed by atoms with E-state index in [-0.39, 0.29) is 5.73 Å². The number of aliphatic carboxylic acids is 1. The Kier molecular flexibility index (Phi) is 9.43. The highest BCUT2D eigenvalue weighted by Gasteiger charge is 2.50. The molecular weight excluding hydrogens is 308 g/mol. The fourth-order valence-electron chi connectivity index (χ4n) is 4.23. The predicted molar refractivity (Wildman–Crippen MR) is 97.2 cm³/mol. The predicted octanol–water partition coefficient (Wildman–Crippen LogP) is 4.95. The first-order chi connectivity index (χ1) is 10.6. The molecule has 0 bridgehead atoms. The average Bonchev–Trinajstić information content (AvgIpc) is 2.41. The number of carboxylic acid groups (broad SMARTS) is 1. The van der Waals surface area contributed by atoms with Crippen LogP contribution >= 0.6 is 0 Å². The molecule has 5 heteroatoms. The molecule has 0 aromatic heterocycles. The minimum Gasteiger partial charge on any atom is -0.478 e. The van der Waals surface area contributed by atoms with E-state index in [9.17, 15) is 9.59 Å². The second kappa shape index (κ2) is 9.91. The van der Waals surface area contributed by atoms with Crippen LogP contribution in [0.1, 0.15) is 67.7 Å².